The van der Waals surface area contributed by atoms with Crippen molar-refractivity contribution < 1.29 is 8.85 Å². The van der Waals surface area contributed by atoms with Crippen molar-refractivity contribution in [1.29, 1.82) is 0 Å². The van der Waals surface area contributed by atoms with Gasteiger partial charge in [0, 0.05) is 40.5 Å². The molecule has 0 radical (unpaired) electrons. The van der Waals surface area contributed by atoms with Crippen molar-refractivity contribution in [3.8, 4) is 0 Å². The van der Waals surface area contributed by atoms with Crippen LogP contribution < -0.4 is 10.9 Å². The first-order valence-corrected chi connectivity index (χ1v) is 25.0. The standard InChI is InChI=1S/2C22H26ClNO2Si/c1-14(26-27(5,6)22(2,3)4)16-8-7-15-9-10-20-19(12-17(23)13-24-20)21(25)18(15)11-16;1-22(2,3)27(4,5)26-11-10-15-6-7-16-8-9-20-19(13-17(23)14-24-20)21(25)18(16)12-15/h7-14H,1-6H3;6-9,12-14H,10-11H2,1-5H3. The predicted molar refractivity (Wildman–Crippen MR) is 235 cm³/mol. The second-order valence-corrected chi connectivity index (χ2v) is 27.6. The number of hydrogen-bond donors (Lipinski definition) is 0. The Kier molecular flexibility index (Phi) is 12.3. The second-order valence-electron chi connectivity index (χ2n) is 17.1. The van der Waals surface area contributed by atoms with E-state index < -0.39 is 16.6 Å². The van der Waals surface area contributed by atoms with Crippen molar-refractivity contribution >= 4 is 83.2 Å². The minimum atomic E-state index is -1.90. The van der Waals surface area contributed by atoms with Crippen LogP contribution in [0.1, 0.15) is 65.7 Å². The summed E-state index contributed by atoms with van der Waals surface area (Å²) < 4.78 is 12.8. The Hall–Kier alpha value is -3.51. The summed E-state index contributed by atoms with van der Waals surface area (Å²) >= 11 is 12.1. The molecule has 2 heterocycles. The number of benzene rings is 2. The highest BCUT2D eigenvalue weighted by Crippen LogP contribution is 2.40. The molecule has 0 amide bonds. The lowest BCUT2D eigenvalue weighted by Gasteiger charge is -2.38. The van der Waals surface area contributed by atoms with Gasteiger partial charge in [0.15, 0.2) is 27.5 Å². The van der Waals surface area contributed by atoms with Crippen molar-refractivity contribution in [2.75, 3.05) is 6.61 Å². The van der Waals surface area contributed by atoms with Gasteiger partial charge < -0.3 is 8.85 Å². The van der Waals surface area contributed by atoms with E-state index in [1.807, 2.05) is 54.6 Å². The topological polar surface area (TPSA) is 78.4 Å². The highest BCUT2D eigenvalue weighted by molar-refractivity contribution is 6.74. The number of fused-ring (bicyclic) bond motifs is 4. The maximum atomic E-state index is 13.1. The number of rotatable bonds is 7. The molecule has 1 atom stereocenters. The zero-order valence-electron chi connectivity index (χ0n) is 33.4. The average Bonchev–Trinajstić information content (AvgIpc) is 3.31. The highest BCUT2D eigenvalue weighted by Gasteiger charge is 2.39. The zero-order chi connectivity index (χ0) is 39.8. The molecule has 54 heavy (non-hydrogen) atoms. The van der Waals surface area contributed by atoms with Crippen LogP contribution in [-0.2, 0) is 15.3 Å². The smallest absolute Gasteiger partial charge is 0.195 e. The molecule has 0 bridgehead atoms. The number of nitrogens with zero attached hydrogens (tertiary/aromatic N) is 2. The fraction of sp³-hybridized carbons (Fsp3) is 0.364. The first-order chi connectivity index (χ1) is 25.1. The Morgan fingerprint density at radius 3 is 1.59 bits per heavy atom. The quantitative estimate of drug-likeness (QED) is 0.150. The van der Waals surface area contributed by atoms with Gasteiger partial charge in [0.1, 0.15) is 0 Å². The molecule has 6 nitrogen and oxygen atoms in total. The summed E-state index contributed by atoms with van der Waals surface area (Å²) in [4.78, 5) is 34.7. The van der Waals surface area contributed by atoms with Gasteiger partial charge in [-0.05, 0) is 108 Å². The van der Waals surface area contributed by atoms with Gasteiger partial charge in [0.2, 0.25) is 0 Å². The maximum Gasteiger partial charge on any atom is 0.195 e. The van der Waals surface area contributed by atoms with E-state index in [0.29, 0.717) is 49.2 Å². The molecule has 0 saturated heterocycles. The summed E-state index contributed by atoms with van der Waals surface area (Å²) in [5, 5.41) is 5.49. The van der Waals surface area contributed by atoms with E-state index in [1.54, 1.807) is 24.5 Å². The van der Waals surface area contributed by atoms with Crippen LogP contribution in [0.4, 0.5) is 0 Å². The van der Waals surface area contributed by atoms with E-state index in [1.165, 1.54) is 0 Å². The predicted octanol–water partition coefficient (Wildman–Crippen LogP) is 12.5. The van der Waals surface area contributed by atoms with E-state index >= 15 is 0 Å². The number of halogens is 2. The lowest BCUT2D eigenvalue weighted by Crippen LogP contribution is -2.41. The third-order valence-electron chi connectivity index (χ3n) is 11.2. The van der Waals surface area contributed by atoms with E-state index in [4.69, 9.17) is 32.1 Å². The molecule has 0 fully saturated rings. The molecule has 1 unspecified atom stereocenters. The summed E-state index contributed by atoms with van der Waals surface area (Å²) in [7, 11) is -3.67. The molecule has 0 saturated carbocycles. The van der Waals surface area contributed by atoms with Gasteiger partial charge in [-0.2, -0.15) is 0 Å². The fourth-order valence-corrected chi connectivity index (χ4v) is 8.49. The molecule has 4 aromatic carbocycles. The van der Waals surface area contributed by atoms with Crippen LogP contribution in [-0.4, -0.2) is 33.2 Å². The average molecular weight is 800 g/mol. The minimum absolute atomic E-state index is 0.0350. The third kappa shape index (κ3) is 9.29. The molecule has 284 valence electrons. The van der Waals surface area contributed by atoms with E-state index in [2.05, 4.69) is 90.7 Å². The molecule has 6 rings (SSSR count). The van der Waals surface area contributed by atoms with Crippen LogP contribution in [0.5, 0.6) is 0 Å². The van der Waals surface area contributed by atoms with E-state index in [9.17, 15) is 9.59 Å². The van der Waals surface area contributed by atoms with E-state index in [0.717, 1.165) is 28.3 Å². The number of aromatic nitrogens is 2. The van der Waals surface area contributed by atoms with Gasteiger partial charge in [-0.15, -0.1) is 0 Å². The molecule has 2 aromatic heterocycles. The van der Waals surface area contributed by atoms with Crippen LogP contribution >= 0.6 is 23.2 Å². The Morgan fingerprint density at radius 2 is 1.09 bits per heavy atom. The van der Waals surface area contributed by atoms with Crippen molar-refractivity contribution in [1.82, 2.24) is 9.97 Å². The van der Waals surface area contributed by atoms with Gasteiger partial charge in [0.05, 0.1) is 27.2 Å². The fourth-order valence-electron chi connectivity index (χ4n) is 5.75. The van der Waals surface area contributed by atoms with Gasteiger partial charge in [-0.25, -0.2) is 0 Å². The van der Waals surface area contributed by atoms with Gasteiger partial charge >= 0.3 is 0 Å². The SMILES string of the molecule is CC(C)(C)[Si](C)(C)OCCc1ccc2ccc3ncc(Cl)cc3c(=O)c2c1.CC(O[Si](C)(C)C(C)(C)C)c1ccc2ccc3ncc(Cl)cc3c(=O)c2c1. The summed E-state index contributed by atoms with van der Waals surface area (Å²) in [5.74, 6) is 0. The molecule has 0 N–H and O–H groups in total. The van der Waals surface area contributed by atoms with Gasteiger partial charge in [-0.1, -0.05) is 101 Å². The first kappa shape index (κ1) is 41.7. The maximum absolute atomic E-state index is 13.1. The summed E-state index contributed by atoms with van der Waals surface area (Å²) in [6.45, 7) is 25.1. The van der Waals surface area contributed by atoms with E-state index in [-0.39, 0.29) is 27.0 Å². The molecular weight excluding hydrogens is 748 g/mol. The lowest BCUT2D eigenvalue weighted by molar-refractivity contribution is 0.203. The summed E-state index contributed by atoms with van der Waals surface area (Å²) in [5.41, 5.74) is 3.33. The molecule has 6 aromatic rings. The Bertz CT molecular complexity index is 2480. The Morgan fingerprint density at radius 1 is 0.630 bits per heavy atom. The third-order valence-corrected chi connectivity index (χ3v) is 20.7. The molecule has 0 aliphatic rings. The molecule has 0 aliphatic carbocycles. The summed E-state index contributed by atoms with van der Waals surface area (Å²) in [6, 6.07) is 23.0. The van der Waals surface area contributed by atoms with Crippen LogP contribution in [0, 0.1) is 0 Å². The largest absolute Gasteiger partial charge is 0.416 e. The first-order valence-electron chi connectivity index (χ1n) is 18.4. The zero-order valence-corrected chi connectivity index (χ0v) is 36.9. The van der Waals surface area contributed by atoms with Crippen molar-refractivity contribution in [3.05, 3.63) is 127 Å². The van der Waals surface area contributed by atoms with Crippen LogP contribution in [0.15, 0.2) is 94.8 Å². The normalized spacial score (nSPS) is 13.3. The minimum Gasteiger partial charge on any atom is -0.416 e. The van der Waals surface area contributed by atoms with Gasteiger partial charge in [0.25, 0.3) is 0 Å². The van der Waals surface area contributed by atoms with Crippen LogP contribution in [0.2, 0.25) is 46.3 Å². The highest BCUT2D eigenvalue weighted by atomic mass is 35.5. The van der Waals surface area contributed by atoms with Crippen molar-refractivity contribution in [2.24, 2.45) is 0 Å². The van der Waals surface area contributed by atoms with Crippen molar-refractivity contribution in [3.63, 3.8) is 0 Å². The number of hydrogen-bond acceptors (Lipinski definition) is 6. The molecule has 0 spiro atoms. The second kappa shape index (κ2) is 15.9. The molecule has 0 aliphatic heterocycles. The van der Waals surface area contributed by atoms with Crippen molar-refractivity contribution in [2.45, 2.75) is 97.3 Å². The Balaban J connectivity index is 0.000000208. The number of pyridine rings is 2. The Labute approximate surface area is 331 Å². The van der Waals surface area contributed by atoms with Gasteiger partial charge in [-0.3, -0.25) is 19.6 Å². The molecular formula is C44H52Cl2N2O4Si2. The van der Waals surface area contributed by atoms with Crippen LogP contribution in [0.3, 0.4) is 0 Å². The monoisotopic (exact) mass is 798 g/mol. The van der Waals surface area contributed by atoms with Crippen LogP contribution in [0.25, 0.3) is 43.4 Å². The lowest BCUT2D eigenvalue weighted by atomic mass is 10.1. The summed E-state index contributed by atoms with van der Waals surface area (Å²) in [6.07, 6.45) is 3.84. The molecule has 10 heteroatoms.